The Hall–Kier alpha value is -7.75. The Kier molecular flexibility index (Phi) is 8.15. The summed E-state index contributed by atoms with van der Waals surface area (Å²) in [6, 6.07) is 75.0. The number of fused-ring (bicyclic) bond motifs is 8. The van der Waals surface area contributed by atoms with Crippen LogP contribution in [0.25, 0.3) is 111 Å². The van der Waals surface area contributed by atoms with Crippen molar-refractivity contribution >= 4 is 43.2 Å². The normalized spacial score (nSPS) is 11.4. The SMILES string of the molecule is c1ccc(-c2ccc(-c3cc(-c4cccc(-c5nc6ccccc6c6c7ccccc7c7ccccc7c56)c4)nc(-c4ccc(-c5ccccc5)cc4)n3)cc2)cc1. The number of hydrogen-bond acceptors (Lipinski definition) is 3. The highest BCUT2D eigenvalue weighted by Crippen LogP contribution is 2.43. The quantitative estimate of drug-likeness (QED) is 0.160. The van der Waals surface area contributed by atoms with Crippen LogP contribution in [-0.2, 0) is 0 Å². The van der Waals surface area contributed by atoms with Crippen molar-refractivity contribution in [1.29, 1.82) is 0 Å². The van der Waals surface area contributed by atoms with E-state index in [1.165, 1.54) is 43.6 Å². The molecule has 2 heterocycles. The van der Waals surface area contributed by atoms with Crippen molar-refractivity contribution in [3.8, 4) is 67.4 Å². The van der Waals surface area contributed by atoms with Crippen LogP contribution in [0.2, 0.25) is 0 Å². The zero-order chi connectivity index (χ0) is 38.4. The summed E-state index contributed by atoms with van der Waals surface area (Å²) in [4.78, 5) is 15.9. The Morgan fingerprint density at radius 1 is 0.241 bits per heavy atom. The maximum atomic E-state index is 5.43. The van der Waals surface area contributed by atoms with E-state index < -0.39 is 0 Å². The van der Waals surface area contributed by atoms with E-state index in [4.69, 9.17) is 15.0 Å². The van der Waals surface area contributed by atoms with Crippen molar-refractivity contribution in [2.45, 2.75) is 0 Å². The van der Waals surface area contributed by atoms with Crippen LogP contribution in [0, 0.1) is 0 Å². The molecule has 0 amide bonds. The van der Waals surface area contributed by atoms with E-state index in [1.807, 2.05) is 12.1 Å². The minimum Gasteiger partial charge on any atom is -0.247 e. The number of hydrogen-bond donors (Lipinski definition) is 0. The highest BCUT2D eigenvalue weighted by molar-refractivity contribution is 6.33. The fraction of sp³-hybridized carbons (Fsp3) is 0. The summed E-state index contributed by atoms with van der Waals surface area (Å²) in [5.74, 6) is 0.677. The van der Waals surface area contributed by atoms with Gasteiger partial charge in [-0.15, -0.1) is 0 Å². The molecule has 11 aromatic rings. The number of benzene rings is 9. The lowest BCUT2D eigenvalue weighted by Gasteiger charge is -2.17. The first-order chi connectivity index (χ1) is 28.7. The van der Waals surface area contributed by atoms with Crippen LogP contribution in [0.15, 0.2) is 212 Å². The lowest BCUT2D eigenvalue weighted by atomic mass is 9.89. The maximum Gasteiger partial charge on any atom is 0.160 e. The van der Waals surface area contributed by atoms with Crippen molar-refractivity contribution < 1.29 is 0 Å². The summed E-state index contributed by atoms with van der Waals surface area (Å²) in [7, 11) is 0. The van der Waals surface area contributed by atoms with E-state index in [2.05, 4.69) is 200 Å². The Morgan fingerprint density at radius 3 is 1.29 bits per heavy atom. The molecule has 0 saturated heterocycles. The molecule has 0 bridgehead atoms. The van der Waals surface area contributed by atoms with Gasteiger partial charge < -0.3 is 0 Å². The Balaban J connectivity index is 1.10. The van der Waals surface area contributed by atoms with E-state index in [9.17, 15) is 0 Å². The lowest BCUT2D eigenvalue weighted by Crippen LogP contribution is -1.97. The van der Waals surface area contributed by atoms with E-state index in [0.717, 1.165) is 61.2 Å². The topological polar surface area (TPSA) is 38.7 Å². The summed E-state index contributed by atoms with van der Waals surface area (Å²) in [6.07, 6.45) is 0. The predicted octanol–water partition coefficient (Wildman–Crippen LogP) is 14.5. The predicted molar refractivity (Wildman–Crippen MR) is 242 cm³/mol. The third kappa shape index (κ3) is 5.89. The number of nitrogens with zero attached hydrogens (tertiary/aromatic N) is 3. The molecule has 0 aliphatic heterocycles. The van der Waals surface area contributed by atoms with Gasteiger partial charge in [0.05, 0.1) is 22.6 Å². The van der Waals surface area contributed by atoms with E-state index in [0.29, 0.717) is 5.82 Å². The second kappa shape index (κ2) is 14.1. The molecule has 0 atom stereocenters. The zero-order valence-corrected chi connectivity index (χ0v) is 31.5. The van der Waals surface area contributed by atoms with Crippen LogP contribution in [-0.4, -0.2) is 15.0 Å². The van der Waals surface area contributed by atoms with Gasteiger partial charge in [0.2, 0.25) is 0 Å². The standard InChI is InChI=1S/C55H35N3/c1-3-14-36(15-4-1)38-26-30-40(31-27-38)50-35-51(58-55(57-50)41-32-28-39(29-33-41)37-16-5-2-6-17-37)42-18-13-19-43(34-42)54-53-47-23-10-8-21-45(47)44-20-7-9-22-46(44)52(53)48-24-11-12-25-49(48)56-54/h1-35H. The highest BCUT2D eigenvalue weighted by Gasteiger charge is 2.19. The van der Waals surface area contributed by atoms with Crippen LogP contribution >= 0.6 is 0 Å². The molecule has 0 spiro atoms. The average molecular weight is 738 g/mol. The third-order valence-corrected chi connectivity index (χ3v) is 11.3. The van der Waals surface area contributed by atoms with Gasteiger partial charge in [-0.05, 0) is 62.0 Å². The molecule has 0 radical (unpaired) electrons. The zero-order valence-electron chi connectivity index (χ0n) is 31.5. The van der Waals surface area contributed by atoms with Crippen molar-refractivity contribution in [2.24, 2.45) is 0 Å². The van der Waals surface area contributed by atoms with Crippen LogP contribution in [0.1, 0.15) is 0 Å². The van der Waals surface area contributed by atoms with Gasteiger partial charge >= 0.3 is 0 Å². The van der Waals surface area contributed by atoms with Gasteiger partial charge in [0.25, 0.3) is 0 Å². The summed E-state index contributed by atoms with van der Waals surface area (Å²) >= 11 is 0. The second-order valence-corrected chi connectivity index (χ2v) is 14.7. The molecule has 0 saturated carbocycles. The molecule has 0 aliphatic carbocycles. The number of rotatable bonds is 6. The van der Waals surface area contributed by atoms with E-state index in [1.54, 1.807) is 0 Å². The third-order valence-electron chi connectivity index (χ3n) is 11.3. The van der Waals surface area contributed by atoms with Crippen molar-refractivity contribution in [3.05, 3.63) is 212 Å². The summed E-state index contributed by atoms with van der Waals surface area (Å²) in [5, 5.41) is 8.43. The molecule has 11 rings (SSSR count). The van der Waals surface area contributed by atoms with Gasteiger partial charge in [0.1, 0.15) is 0 Å². The molecular formula is C55H35N3. The molecule has 0 fully saturated rings. The van der Waals surface area contributed by atoms with Crippen LogP contribution < -0.4 is 0 Å². The average Bonchev–Trinajstić information content (AvgIpc) is 3.31. The molecule has 0 aliphatic rings. The van der Waals surface area contributed by atoms with Crippen molar-refractivity contribution in [2.75, 3.05) is 0 Å². The fourth-order valence-electron chi connectivity index (χ4n) is 8.44. The van der Waals surface area contributed by atoms with Crippen LogP contribution in [0.3, 0.4) is 0 Å². The molecule has 270 valence electrons. The van der Waals surface area contributed by atoms with Crippen molar-refractivity contribution in [3.63, 3.8) is 0 Å². The number of aromatic nitrogens is 3. The first-order valence-corrected chi connectivity index (χ1v) is 19.7. The Labute approximate surface area is 336 Å². The van der Waals surface area contributed by atoms with Crippen LogP contribution in [0.5, 0.6) is 0 Å². The van der Waals surface area contributed by atoms with Crippen molar-refractivity contribution in [1.82, 2.24) is 15.0 Å². The maximum absolute atomic E-state index is 5.43. The number of para-hydroxylation sites is 1. The smallest absolute Gasteiger partial charge is 0.160 e. The Bertz CT molecular complexity index is 3200. The molecule has 58 heavy (non-hydrogen) atoms. The molecule has 0 unspecified atom stereocenters. The highest BCUT2D eigenvalue weighted by atomic mass is 14.9. The summed E-state index contributed by atoms with van der Waals surface area (Å²) in [6.45, 7) is 0. The lowest BCUT2D eigenvalue weighted by molar-refractivity contribution is 1.18. The van der Waals surface area contributed by atoms with Gasteiger partial charge in [-0.2, -0.15) is 0 Å². The summed E-state index contributed by atoms with van der Waals surface area (Å²) in [5.41, 5.74) is 12.3. The van der Waals surface area contributed by atoms with Gasteiger partial charge in [-0.25, -0.2) is 15.0 Å². The molecule has 9 aromatic carbocycles. The molecule has 2 aromatic heterocycles. The largest absolute Gasteiger partial charge is 0.247 e. The van der Waals surface area contributed by atoms with Gasteiger partial charge in [0.15, 0.2) is 5.82 Å². The molecule has 3 heteroatoms. The fourth-order valence-corrected chi connectivity index (χ4v) is 8.44. The van der Waals surface area contributed by atoms with E-state index >= 15 is 0 Å². The van der Waals surface area contributed by atoms with E-state index in [-0.39, 0.29) is 0 Å². The van der Waals surface area contributed by atoms with Gasteiger partial charge in [0, 0.05) is 38.4 Å². The molecule has 3 nitrogen and oxygen atoms in total. The first-order valence-electron chi connectivity index (χ1n) is 19.7. The molecule has 0 N–H and O–H groups in total. The van der Waals surface area contributed by atoms with Gasteiger partial charge in [-0.1, -0.05) is 194 Å². The summed E-state index contributed by atoms with van der Waals surface area (Å²) < 4.78 is 0. The number of pyridine rings is 1. The van der Waals surface area contributed by atoms with Gasteiger partial charge in [-0.3, -0.25) is 0 Å². The minimum absolute atomic E-state index is 0.677. The molecular weight excluding hydrogens is 703 g/mol. The first kappa shape index (κ1) is 33.6. The van der Waals surface area contributed by atoms with Crippen LogP contribution in [0.4, 0.5) is 0 Å². The monoisotopic (exact) mass is 737 g/mol. The second-order valence-electron chi connectivity index (χ2n) is 14.7. The minimum atomic E-state index is 0.677. The Morgan fingerprint density at radius 2 is 0.672 bits per heavy atom.